The molecule has 1 aliphatic heterocycles. The maximum absolute atomic E-state index is 12.3. The minimum absolute atomic E-state index is 0.184. The van der Waals surface area contributed by atoms with Crippen molar-refractivity contribution in [2.24, 2.45) is 28.6 Å². The van der Waals surface area contributed by atoms with Gasteiger partial charge in [0.15, 0.2) is 0 Å². The molecule has 4 nitrogen and oxygen atoms in total. The van der Waals surface area contributed by atoms with Gasteiger partial charge in [-0.1, -0.05) is 26.0 Å². The average molecular weight is 407 g/mol. The Kier molecular flexibility index (Phi) is 4.65. The quantitative estimate of drug-likeness (QED) is 0.681. The summed E-state index contributed by atoms with van der Waals surface area (Å²) in [5, 5.41) is 9.46. The van der Waals surface area contributed by atoms with E-state index < -0.39 is 0 Å². The number of ether oxygens (including phenoxy) is 1. The van der Waals surface area contributed by atoms with E-state index in [1.165, 1.54) is 25.7 Å². The summed E-state index contributed by atoms with van der Waals surface area (Å²) in [5.74, 6) is 3.23. The van der Waals surface area contributed by atoms with Crippen LogP contribution in [0.2, 0.25) is 0 Å². The second-order valence-corrected chi connectivity index (χ2v) is 10.8. The lowest BCUT2D eigenvalue weighted by atomic mass is 9.47. The standard InChI is InChI=1S/C26H34N2O2/c1-25-15-13-24(29)28(3)22(25)10-8-18-19-9-11-23(26(19,2)14-12-20(18)25)30-21-7-5-4-6-17(21)16-27/h4-7,18-20,22-23H,8-15H2,1-3H3/t18-,19-,20+,22?,23?,25+,26-/m0/s1. The topological polar surface area (TPSA) is 53.3 Å². The predicted octanol–water partition coefficient (Wildman–Crippen LogP) is 5.17. The zero-order valence-corrected chi connectivity index (χ0v) is 18.6. The molecule has 4 aliphatic rings. The van der Waals surface area contributed by atoms with Crippen LogP contribution in [0.3, 0.4) is 0 Å². The first-order valence-corrected chi connectivity index (χ1v) is 11.8. The molecular weight excluding hydrogens is 372 g/mol. The van der Waals surface area contributed by atoms with E-state index >= 15 is 0 Å². The second-order valence-electron chi connectivity index (χ2n) is 10.8. The van der Waals surface area contributed by atoms with Gasteiger partial charge in [0.2, 0.25) is 5.91 Å². The first kappa shape index (κ1) is 19.9. The lowest BCUT2D eigenvalue weighted by Gasteiger charge is -2.61. The van der Waals surface area contributed by atoms with Gasteiger partial charge < -0.3 is 9.64 Å². The molecule has 1 aromatic rings. The van der Waals surface area contributed by atoms with Crippen LogP contribution in [0.1, 0.15) is 70.8 Å². The number of benzene rings is 1. The first-order chi connectivity index (χ1) is 14.4. The molecule has 5 rings (SSSR count). The van der Waals surface area contributed by atoms with Crippen molar-refractivity contribution in [3.8, 4) is 11.8 Å². The number of nitriles is 1. The molecule has 0 aromatic heterocycles. The van der Waals surface area contributed by atoms with Gasteiger partial charge in [0, 0.05) is 24.9 Å². The Morgan fingerprint density at radius 2 is 1.80 bits per heavy atom. The number of fused-ring (bicyclic) bond motifs is 5. The maximum Gasteiger partial charge on any atom is 0.222 e. The van der Waals surface area contributed by atoms with Gasteiger partial charge in [-0.3, -0.25) is 4.79 Å². The Labute approximate surface area is 180 Å². The van der Waals surface area contributed by atoms with Crippen LogP contribution in [0.15, 0.2) is 24.3 Å². The monoisotopic (exact) mass is 406 g/mol. The fourth-order valence-electron chi connectivity index (χ4n) is 8.11. The van der Waals surface area contributed by atoms with Crippen molar-refractivity contribution in [2.45, 2.75) is 77.4 Å². The summed E-state index contributed by atoms with van der Waals surface area (Å²) in [6.07, 6.45) is 9.10. The van der Waals surface area contributed by atoms with E-state index in [0.717, 1.165) is 36.8 Å². The average Bonchev–Trinajstić information content (AvgIpc) is 3.08. The van der Waals surface area contributed by atoms with Crippen LogP contribution >= 0.6 is 0 Å². The third kappa shape index (κ3) is 2.74. The normalized spacial score (nSPS) is 42.7. The van der Waals surface area contributed by atoms with Gasteiger partial charge in [0.05, 0.1) is 5.56 Å². The zero-order valence-electron chi connectivity index (χ0n) is 18.6. The van der Waals surface area contributed by atoms with Gasteiger partial charge in [0.25, 0.3) is 0 Å². The van der Waals surface area contributed by atoms with E-state index in [4.69, 9.17) is 4.74 Å². The molecule has 1 saturated heterocycles. The van der Waals surface area contributed by atoms with Crippen molar-refractivity contribution in [3.63, 3.8) is 0 Å². The number of carbonyl (C=O) groups is 1. The number of piperidine rings is 1. The third-order valence-corrected chi connectivity index (χ3v) is 9.75. The van der Waals surface area contributed by atoms with E-state index in [1.807, 2.05) is 31.3 Å². The van der Waals surface area contributed by atoms with Crippen molar-refractivity contribution in [1.29, 1.82) is 5.26 Å². The molecule has 1 aromatic carbocycles. The number of carbonyl (C=O) groups excluding carboxylic acids is 1. The Bertz CT molecular complexity index is 891. The number of hydrogen-bond acceptors (Lipinski definition) is 3. The molecule has 0 bridgehead atoms. The summed E-state index contributed by atoms with van der Waals surface area (Å²) >= 11 is 0. The molecule has 160 valence electrons. The molecule has 4 fully saturated rings. The smallest absolute Gasteiger partial charge is 0.222 e. The van der Waals surface area contributed by atoms with Gasteiger partial charge in [-0.15, -0.1) is 0 Å². The highest BCUT2D eigenvalue weighted by Crippen LogP contribution is 2.65. The Hall–Kier alpha value is -2.02. The number of rotatable bonds is 2. The number of amides is 1. The molecule has 0 spiro atoms. The minimum atomic E-state index is 0.184. The molecule has 30 heavy (non-hydrogen) atoms. The van der Waals surface area contributed by atoms with Crippen molar-refractivity contribution < 1.29 is 9.53 Å². The van der Waals surface area contributed by atoms with E-state index in [2.05, 4.69) is 24.8 Å². The molecule has 3 aliphatic carbocycles. The largest absolute Gasteiger partial charge is 0.488 e. The van der Waals surface area contributed by atoms with Gasteiger partial charge in [0.1, 0.15) is 17.9 Å². The number of hydrogen-bond donors (Lipinski definition) is 0. The Morgan fingerprint density at radius 1 is 1.03 bits per heavy atom. The van der Waals surface area contributed by atoms with Crippen LogP contribution < -0.4 is 4.74 Å². The number of likely N-dealkylation sites (tertiary alicyclic amines) is 1. The van der Waals surface area contributed by atoms with Gasteiger partial charge in [-0.2, -0.15) is 5.26 Å². The lowest BCUT2D eigenvalue weighted by Crippen LogP contribution is -2.61. The van der Waals surface area contributed by atoms with Crippen molar-refractivity contribution in [1.82, 2.24) is 4.90 Å². The lowest BCUT2D eigenvalue weighted by molar-refractivity contribution is -0.159. The second kappa shape index (κ2) is 7.01. The molecule has 1 heterocycles. The SMILES string of the molecule is CN1C(=O)CC[C@@]2(C)C1CC[C@@H]1[C@H]2CC[C@]2(C)C(Oc3ccccc3C#N)CC[C@@H]12. The van der Waals surface area contributed by atoms with Crippen LogP contribution in [0.25, 0.3) is 0 Å². The highest BCUT2D eigenvalue weighted by molar-refractivity contribution is 5.77. The highest BCUT2D eigenvalue weighted by atomic mass is 16.5. The van der Waals surface area contributed by atoms with Gasteiger partial charge in [-0.05, 0) is 80.2 Å². The molecule has 0 radical (unpaired) electrons. The summed E-state index contributed by atoms with van der Waals surface area (Å²) in [6, 6.07) is 10.4. The molecule has 7 atom stereocenters. The summed E-state index contributed by atoms with van der Waals surface area (Å²) in [6.45, 7) is 4.93. The highest BCUT2D eigenvalue weighted by Gasteiger charge is 2.61. The van der Waals surface area contributed by atoms with Crippen LogP contribution in [-0.4, -0.2) is 30.0 Å². The summed E-state index contributed by atoms with van der Waals surface area (Å²) in [5.41, 5.74) is 1.09. The summed E-state index contributed by atoms with van der Waals surface area (Å²) < 4.78 is 6.54. The predicted molar refractivity (Wildman–Crippen MR) is 116 cm³/mol. The first-order valence-electron chi connectivity index (χ1n) is 11.8. The number of para-hydroxylation sites is 1. The third-order valence-electron chi connectivity index (χ3n) is 9.75. The molecular formula is C26H34N2O2. The van der Waals surface area contributed by atoms with Crippen LogP contribution in [0.5, 0.6) is 5.75 Å². The van der Waals surface area contributed by atoms with Crippen molar-refractivity contribution in [2.75, 3.05) is 7.05 Å². The molecule has 1 amide bonds. The van der Waals surface area contributed by atoms with E-state index in [-0.39, 0.29) is 16.9 Å². The molecule has 2 unspecified atom stereocenters. The Balaban J connectivity index is 1.39. The number of nitrogens with zero attached hydrogens (tertiary/aromatic N) is 2. The molecule has 3 saturated carbocycles. The van der Waals surface area contributed by atoms with Crippen LogP contribution in [0.4, 0.5) is 0 Å². The fraction of sp³-hybridized carbons (Fsp3) is 0.692. The van der Waals surface area contributed by atoms with Crippen molar-refractivity contribution in [3.05, 3.63) is 29.8 Å². The fourth-order valence-corrected chi connectivity index (χ4v) is 8.11. The van der Waals surface area contributed by atoms with E-state index in [0.29, 0.717) is 29.9 Å². The maximum atomic E-state index is 12.3. The molecule has 4 heteroatoms. The minimum Gasteiger partial charge on any atom is -0.488 e. The van der Waals surface area contributed by atoms with Crippen molar-refractivity contribution >= 4 is 5.91 Å². The van der Waals surface area contributed by atoms with E-state index in [1.54, 1.807) is 0 Å². The van der Waals surface area contributed by atoms with E-state index in [9.17, 15) is 10.1 Å². The van der Waals surface area contributed by atoms with Gasteiger partial charge >= 0.3 is 0 Å². The Morgan fingerprint density at radius 3 is 2.60 bits per heavy atom. The molecule has 0 N–H and O–H groups in total. The summed E-state index contributed by atoms with van der Waals surface area (Å²) in [4.78, 5) is 14.4. The summed E-state index contributed by atoms with van der Waals surface area (Å²) in [7, 11) is 2.03. The van der Waals surface area contributed by atoms with Crippen LogP contribution in [-0.2, 0) is 4.79 Å². The van der Waals surface area contributed by atoms with Gasteiger partial charge in [-0.25, -0.2) is 0 Å². The van der Waals surface area contributed by atoms with Crippen LogP contribution in [0, 0.1) is 39.9 Å². The zero-order chi connectivity index (χ0) is 21.1.